The van der Waals surface area contributed by atoms with E-state index in [1.54, 1.807) is 25.1 Å². The molecule has 4 rings (SSSR count). The first-order valence-electron chi connectivity index (χ1n) is 11.0. The summed E-state index contributed by atoms with van der Waals surface area (Å²) in [7, 11) is 1.54. The molecule has 1 aliphatic rings. The van der Waals surface area contributed by atoms with Crippen LogP contribution in [0.1, 0.15) is 35.5 Å². The summed E-state index contributed by atoms with van der Waals surface area (Å²) in [4.78, 5) is 46.1. The van der Waals surface area contributed by atoms with Crippen molar-refractivity contribution in [3.63, 3.8) is 0 Å². The number of anilines is 1. The molecule has 2 unspecified atom stereocenters. The maximum absolute atomic E-state index is 13.2. The summed E-state index contributed by atoms with van der Waals surface area (Å²) in [6.45, 7) is 7.37. The van der Waals surface area contributed by atoms with Crippen LogP contribution >= 0.6 is 11.3 Å². The van der Waals surface area contributed by atoms with E-state index in [9.17, 15) is 14.4 Å². The van der Waals surface area contributed by atoms with Crippen LogP contribution in [0.2, 0.25) is 0 Å². The van der Waals surface area contributed by atoms with E-state index in [0.717, 1.165) is 17.8 Å². The Morgan fingerprint density at radius 1 is 1.21 bits per heavy atom. The van der Waals surface area contributed by atoms with Crippen molar-refractivity contribution < 1.29 is 14.3 Å². The van der Waals surface area contributed by atoms with E-state index in [1.807, 2.05) is 11.0 Å². The lowest BCUT2D eigenvalue weighted by molar-refractivity contribution is -0.134. The average Bonchev–Trinajstić information content (AvgIpc) is 3.12. The third kappa shape index (κ3) is 4.64. The Bertz CT molecular complexity index is 1260. The number of fused-ring (bicyclic) bond motifs is 1. The van der Waals surface area contributed by atoms with Crippen molar-refractivity contribution in [1.29, 1.82) is 0 Å². The summed E-state index contributed by atoms with van der Waals surface area (Å²) >= 11 is 1.16. The second-order valence-corrected chi connectivity index (χ2v) is 9.81. The van der Waals surface area contributed by atoms with Crippen molar-refractivity contribution in [2.75, 3.05) is 25.5 Å². The molecule has 2 amide bonds. The molecule has 174 valence electrons. The Kier molecular flexibility index (Phi) is 6.51. The number of aryl methyl sites for hydroxylation is 1. The molecule has 33 heavy (non-hydrogen) atoms. The fourth-order valence-corrected chi connectivity index (χ4v) is 5.56. The average molecular weight is 469 g/mol. The number of carbonyl (C=O) groups is 2. The predicted molar refractivity (Wildman–Crippen MR) is 129 cm³/mol. The van der Waals surface area contributed by atoms with E-state index in [2.05, 4.69) is 24.1 Å². The van der Waals surface area contributed by atoms with Crippen LogP contribution in [0.3, 0.4) is 0 Å². The summed E-state index contributed by atoms with van der Waals surface area (Å²) in [5, 5.41) is 3.22. The quantitative estimate of drug-likeness (QED) is 0.618. The van der Waals surface area contributed by atoms with E-state index >= 15 is 0 Å². The van der Waals surface area contributed by atoms with Crippen LogP contribution in [-0.2, 0) is 11.3 Å². The molecule has 3 aromatic rings. The zero-order valence-corrected chi connectivity index (χ0v) is 20.1. The van der Waals surface area contributed by atoms with E-state index in [0.29, 0.717) is 57.0 Å². The highest BCUT2D eigenvalue weighted by atomic mass is 32.1. The molecule has 1 saturated heterocycles. The van der Waals surface area contributed by atoms with E-state index in [1.165, 1.54) is 18.0 Å². The molecule has 1 aromatic carbocycles. The Balaban J connectivity index is 1.59. The van der Waals surface area contributed by atoms with E-state index in [4.69, 9.17) is 4.74 Å². The maximum atomic E-state index is 13.2. The number of benzene rings is 1. The Morgan fingerprint density at radius 2 is 1.91 bits per heavy atom. The van der Waals surface area contributed by atoms with Gasteiger partial charge in [0.15, 0.2) is 0 Å². The number of thiophene rings is 1. The summed E-state index contributed by atoms with van der Waals surface area (Å²) in [5.41, 5.74) is 0.793. The number of carbonyl (C=O) groups excluding carboxylic acids is 2. The molecule has 0 spiro atoms. The molecule has 3 heterocycles. The van der Waals surface area contributed by atoms with Crippen molar-refractivity contribution in [3.05, 3.63) is 51.4 Å². The number of methoxy groups -OCH3 is 1. The third-order valence-electron chi connectivity index (χ3n) is 6.01. The van der Waals surface area contributed by atoms with Crippen LogP contribution in [0.15, 0.2) is 35.4 Å². The fourth-order valence-electron chi connectivity index (χ4n) is 4.53. The van der Waals surface area contributed by atoms with Crippen LogP contribution in [-0.4, -0.2) is 46.5 Å². The lowest BCUT2D eigenvalue weighted by atomic mass is 9.92. The van der Waals surface area contributed by atoms with Gasteiger partial charge in [-0.15, -0.1) is 11.3 Å². The van der Waals surface area contributed by atoms with Crippen molar-refractivity contribution >= 4 is 39.1 Å². The number of piperidine rings is 1. The largest absolute Gasteiger partial charge is 0.495 e. The fraction of sp³-hybridized carbons (Fsp3) is 0.417. The highest BCUT2D eigenvalue weighted by Crippen LogP contribution is 2.30. The highest BCUT2D eigenvalue weighted by molar-refractivity contribution is 7.20. The normalized spacial score (nSPS) is 18.4. The molecule has 2 atom stereocenters. The lowest BCUT2D eigenvalue weighted by Crippen LogP contribution is -2.44. The van der Waals surface area contributed by atoms with Gasteiger partial charge in [-0.05, 0) is 42.9 Å². The van der Waals surface area contributed by atoms with Gasteiger partial charge in [0.1, 0.15) is 17.1 Å². The van der Waals surface area contributed by atoms with Crippen LogP contribution in [0, 0.1) is 18.8 Å². The standard InChI is InChI=1S/C24H28N4O4S/c1-14-9-15(2)11-27(10-14)19(29)12-28-13-25-23-20(24(28)31)16(3)21(33-23)22(30)26-17-7-5-6-8-18(17)32-4/h5-8,13-15H,9-12H2,1-4H3,(H,26,30). The highest BCUT2D eigenvalue weighted by Gasteiger charge is 2.26. The Labute approximate surface area is 196 Å². The van der Waals surface area contributed by atoms with Gasteiger partial charge in [0.25, 0.3) is 11.5 Å². The maximum Gasteiger partial charge on any atom is 0.266 e. The van der Waals surface area contributed by atoms with Gasteiger partial charge in [0.05, 0.1) is 29.4 Å². The predicted octanol–water partition coefficient (Wildman–Crippen LogP) is 3.53. The minimum atomic E-state index is -0.335. The Hall–Kier alpha value is -3.20. The number of ether oxygens (including phenoxy) is 1. The number of amides is 2. The van der Waals surface area contributed by atoms with Gasteiger partial charge in [-0.3, -0.25) is 19.0 Å². The zero-order chi connectivity index (χ0) is 23.7. The van der Waals surface area contributed by atoms with Gasteiger partial charge in [0.2, 0.25) is 5.91 Å². The summed E-state index contributed by atoms with van der Waals surface area (Å²) in [6, 6.07) is 7.13. The van der Waals surface area contributed by atoms with E-state index in [-0.39, 0.29) is 23.9 Å². The number of para-hydroxylation sites is 2. The molecule has 1 aliphatic heterocycles. The molecule has 0 aliphatic carbocycles. The van der Waals surface area contributed by atoms with Crippen LogP contribution in [0.25, 0.3) is 10.2 Å². The minimum absolute atomic E-state index is 0.0563. The first-order chi connectivity index (χ1) is 15.8. The van der Waals surface area contributed by atoms with Gasteiger partial charge in [-0.2, -0.15) is 0 Å². The number of hydrogen-bond donors (Lipinski definition) is 1. The third-order valence-corrected chi connectivity index (χ3v) is 7.20. The van der Waals surface area contributed by atoms with Gasteiger partial charge >= 0.3 is 0 Å². The Morgan fingerprint density at radius 3 is 2.61 bits per heavy atom. The number of likely N-dealkylation sites (tertiary alicyclic amines) is 1. The van der Waals surface area contributed by atoms with Crippen LogP contribution in [0.5, 0.6) is 5.75 Å². The lowest BCUT2D eigenvalue weighted by Gasteiger charge is -2.35. The minimum Gasteiger partial charge on any atom is -0.495 e. The molecule has 2 aromatic heterocycles. The molecular weight excluding hydrogens is 440 g/mol. The summed E-state index contributed by atoms with van der Waals surface area (Å²) in [6.07, 6.45) is 2.50. The number of aromatic nitrogens is 2. The van der Waals surface area contributed by atoms with Crippen molar-refractivity contribution in [1.82, 2.24) is 14.5 Å². The molecule has 0 saturated carbocycles. The number of nitrogens with one attached hydrogen (secondary N) is 1. The summed E-state index contributed by atoms with van der Waals surface area (Å²) < 4.78 is 6.64. The van der Waals surface area contributed by atoms with Crippen LogP contribution < -0.4 is 15.6 Å². The number of hydrogen-bond acceptors (Lipinski definition) is 6. The van der Waals surface area contributed by atoms with Crippen molar-refractivity contribution in [3.8, 4) is 5.75 Å². The second kappa shape index (κ2) is 9.35. The van der Waals surface area contributed by atoms with Gasteiger partial charge in [0, 0.05) is 13.1 Å². The first kappa shape index (κ1) is 23.0. The van der Waals surface area contributed by atoms with Gasteiger partial charge in [-0.1, -0.05) is 26.0 Å². The molecular formula is C24H28N4O4S. The van der Waals surface area contributed by atoms with E-state index < -0.39 is 0 Å². The molecule has 8 nitrogen and oxygen atoms in total. The first-order valence-corrected chi connectivity index (χ1v) is 11.8. The topological polar surface area (TPSA) is 93.5 Å². The number of nitrogens with zero attached hydrogens (tertiary/aromatic N) is 3. The summed E-state index contributed by atoms with van der Waals surface area (Å²) in [5.74, 6) is 1.01. The number of rotatable bonds is 5. The molecule has 0 radical (unpaired) electrons. The molecule has 1 fully saturated rings. The second-order valence-electron chi connectivity index (χ2n) is 8.81. The van der Waals surface area contributed by atoms with Crippen LogP contribution in [0.4, 0.5) is 5.69 Å². The molecule has 0 bridgehead atoms. The molecule has 9 heteroatoms. The monoisotopic (exact) mass is 468 g/mol. The van der Waals surface area contributed by atoms with Gasteiger partial charge in [-0.25, -0.2) is 4.98 Å². The van der Waals surface area contributed by atoms with Crippen molar-refractivity contribution in [2.24, 2.45) is 11.8 Å². The zero-order valence-electron chi connectivity index (χ0n) is 19.3. The molecule has 1 N–H and O–H groups in total. The van der Waals surface area contributed by atoms with Gasteiger partial charge < -0.3 is 15.0 Å². The van der Waals surface area contributed by atoms with Crippen molar-refractivity contribution in [2.45, 2.75) is 33.7 Å². The smallest absolute Gasteiger partial charge is 0.266 e. The SMILES string of the molecule is COc1ccccc1NC(=O)c1sc2ncn(CC(=O)N3CC(C)CC(C)C3)c(=O)c2c1C.